The topological polar surface area (TPSA) is 114 Å². The molecule has 6 aromatic rings. The average molecular weight is 1340 g/mol. The van der Waals surface area contributed by atoms with Crippen molar-refractivity contribution in [3.8, 4) is 0 Å². The van der Waals surface area contributed by atoms with E-state index in [-0.39, 0.29) is 15.8 Å². The Kier molecular flexibility index (Phi) is 23.2. The van der Waals surface area contributed by atoms with Gasteiger partial charge in [-0.05, 0) is 115 Å². The molecule has 6 aromatic carbocycles. The Morgan fingerprint density at radius 1 is 0.333 bits per heavy atom. The highest BCUT2D eigenvalue weighted by Crippen LogP contribution is 2.56. The van der Waals surface area contributed by atoms with Crippen LogP contribution in [0.5, 0.6) is 0 Å². The van der Waals surface area contributed by atoms with Crippen LogP contribution in [-0.4, -0.2) is 72.5 Å². The van der Waals surface area contributed by atoms with Crippen molar-refractivity contribution in [2.24, 2.45) is 0 Å². The van der Waals surface area contributed by atoms with Gasteiger partial charge in [0.1, 0.15) is 10.9 Å². The lowest BCUT2D eigenvalue weighted by Gasteiger charge is -2.34. The van der Waals surface area contributed by atoms with Crippen LogP contribution < -0.4 is 0 Å². The predicted octanol–water partition coefficient (Wildman–Crippen LogP) is 18.0. The van der Waals surface area contributed by atoms with Gasteiger partial charge in [-0.3, -0.25) is 0 Å². The fourth-order valence-corrected chi connectivity index (χ4v) is 13.9. The van der Waals surface area contributed by atoms with Crippen molar-refractivity contribution in [3.63, 3.8) is 0 Å². The van der Waals surface area contributed by atoms with E-state index in [0.29, 0.717) is 5.92 Å². The summed E-state index contributed by atoms with van der Waals surface area (Å²) in [5, 5.41) is -14.2. The van der Waals surface area contributed by atoms with E-state index < -0.39 is 95.1 Å². The minimum absolute atomic E-state index is 0.0278. The van der Waals surface area contributed by atoms with Gasteiger partial charge >= 0.3 is 46.6 Å². The van der Waals surface area contributed by atoms with E-state index in [1.165, 1.54) is 96.1 Å². The lowest BCUT2D eigenvalue weighted by atomic mass is 9.84. The fraction of sp³-hybridized carbons (Fsp3) is 0.357. The third-order valence-electron chi connectivity index (χ3n) is 13.4. The van der Waals surface area contributed by atoms with E-state index in [1.54, 1.807) is 0 Å². The molecule has 0 amide bonds. The lowest BCUT2D eigenvalue weighted by Crippen LogP contribution is -2.63. The number of benzene rings is 6. The van der Waals surface area contributed by atoms with Gasteiger partial charge in [-0.2, -0.15) is 83.4 Å². The summed E-state index contributed by atoms with van der Waals surface area (Å²) in [6, 6.07) is 51.4. The van der Waals surface area contributed by atoms with Gasteiger partial charge in [0.2, 0.25) is 10.7 Å². The van der Waals surface area contributed by atoms with Crippen LogP contribution in [0.25, 0.3) is 0 Å². The summed E-state index contributed by atoms with van der Waals surface area (Å²) < 4.78 is 313. The van der Waals surface area contributed by atoms with E-state index in [9.17, 15) is 118 Å². The van der Waals surface area contributed by atoms with Crippen molar-refractivity contribution in [3.05, 3.63) is 180 Å². The molecule has 1 unspecified atom stereocenters. The Labute approximate surface area is 490 Å². The summed E-state index contributed by atoms with van der Waals surface area (Å²) >= 11 is 0. The largest absolute Gasteiger partial charge is 0.743 e. The first-order valence-corrected chi connectivity index (χ1v) is 30.6. The first-order valence-electron chi connectivity index (χ1n) is 25.3. The van der Waals surface area contributed by atoms with Crippen LogP contribution in [0.1, 0.15) is 87.2 Å². The smallest absolute Gasteiger partial charge is 0.460 e. The molecule has 2 fully saturated rings. The van der Waals surface area contributed by atoms with Crippen molar-refractivity contribution < 1.29 is 118 Å². The Morgan fingerprint density at radius 2 is 0.609 bits per heavy atom. The van der Waals surface area contributed by atoms with E-state index in [0.717, 1.165) is 21.8 Å². The first kappa shape index (κ1) is 72.1. The molecule has 2 aliphatic carbocycles. The molecule has 0 spiro atoms. The van der Waals surface area contributed by atoms with Crippen molar-refractivity contribution in [1.82, 2.24) is 0 Å². The zero-order valence-electron chi connectivity index (χ0n) is 44.2. The molecule has 0 bridgehead atoms. The van der Waals surface area contributed by atoms with Gasteiger partial charge in [-0.25, -0.2) is 25.6 Å². The molecule has 0 saturated heterocycles. The summed E-state index contributed by atoms with van der Waals surface area (Å²) in [5.41, 5.74) is 2.85. The molecule has 1 atom stereocenters. The van der Waals surface area contributed by atoms with Gasteiger partial charge in [0.15, 0.2) is 56.3 Å². The second kappa shape index (κ2) is 28.0. The molecule has 0 radical (unpaired) electrons. The molecule has 0 heterocycles. The van der Waals surface area contributed by atoms with Crippen LogP contribution in [0.3, 0.4) is 0 Å². The van der Waals surface area contributed by atoms with E-state index in [1.807, 2.05) is 42.5 Å². The number of hydrogen-bond acceptors (Lipinski definition) is 6. The minimum atomic E-state index is -7.43. The Morgan fingerprint density at radius 3 is 0.897 bits per heavy atom. The molecule has 0 aliphatic heterocycles. The van der Waals surface area contributed by atoms with Gasteiger partial charge in [-0.15, -0.1) is 0 Å². The Hall–Kier alpha value is -5.63. The molecular weight excluding hydrogens is 1300 g/mol. The van der Waals surface area contributed by atoms with Gasteiger partial charge in [-0.1, -0.05) is 117 Å². The van der Waals surface area contributed by atoms with Crippen LogP contribution in [0, 0.1) is 17.5 Å². The maximum absolute atomic E-state index is 14.6. The molecule has 31 heteroatoms. The third-order valence-corrected chi connectivity index (χ3v) is 19.6. The molecule has 6 nitrogen and oxygen atoms in total. The van der Waals surface area contributed by atoms with Gasteiger partial charge in [0, 0.05) is 6.07 Å². The summed E-state index contributed by atoms with van der Waals surface area (Å²) in [5.74, 6) is -32.0. The maximum Gasteiger partial charge on any atom is 0.460 e. The highest BCUT2D eigenvalue weighted by molar-refractivity contribution is 7.97. The second-order valence-electron chi connectivity index (χ2n) is 19.3. The summed E-state index contributed by atoms with van der Waals surface area (Å²) in [7, 11) is -15.7. The van der Waals surface area contributed by atoms with Crippen molar-refractivity contribution >= 4 is 42.0 Å². The zero-order valence-corrected chi connectivity index (χ0v) is 47.4. The molecule has 87 heavy (non-hydrogen) atoms. The summed E-state index contributed by atoms with van der Waals surface area (Å²) in [6.07, 6.45) is -1.14. The van der Waals surface area contributed by atoms with E-state index in [4.69, 9.17) is 0 Å². The molecule has 0 N–H and O–H groups in total. The van der Waals surface area contributed by atoms with Crippen LogP contribution >= 0.6 is 0 Å². The average Bonchev–Trinajstić information content (AvgIpc) is 1.00. The van der Waals surface area contributed by atoms with Gasteiger partial charge < -0.3 is 9.11 Å². The minimum Gasteiger partial charge on any atom is -0.743 e. The van der Waals surface area contributed by atoms with Crippen molar-refractivity contribution in [1.29, 1.82) is 0 Å². The highest BCUT2D eigenvalue weighted by atomic mass is 32.2. The predicted molar refractivity (Wildman–Crippen MR) is 276 cm³/mol. The normalized spacial score (nSPS) is 15.9. The van der Waals surface area contributed by atoms with Gasteiger partial charge in [0.05, 0.1) is 10.9 Å². The second-order valence-corrected chi connectivity index (χ2v) is 26.1. The third kappa shape index (κ3) is 16.1. The van der Waals surface area contributed by atoms with Crippen LogP contribution in [0.15, 0.2) is 181 Å². The number of halogens is 21. The summed E-state index contributed by atoms with van der Waals surface area (Å²) in [4.78, 5) is 6.14. The molecule has 2 aliphatic rings. The zero-order chi connectivity index (χ0) is 65.4. The molecule has 478 valence electrons. The highest BCUT2D eigenvalue weighted by Gasteiger charge is 2.85. The van der Waals surface area contributed by atoms with Crippen molar-refractivity contribution in [2.45, 2.75) is 152 Å². The standard InChI is InChI=1S/C24H22F3S.C24H25S.2C4HF9O3S/c25-21-15-16-22(24(27)23(21)26)28(19-9-5-2-6-10-19)20-13-11-18(12-14-20)17-7-3-1-4-8-17;1-4-10-20(11-5-1)21-16-18-24(19-17-21)25(22-12-6-2-7-13-22)23-14-8-3-9-15-23;2*5-1(6,3(9,10)11)2(7,8)4(12,13)17(14,15)16/h2,5-6,9-17H,1,3-4,7-8H2;2-3,6-9,12-20H,1,4-5,10-11H2;2*(H,14,15,16)/q2*+1;;/p-2. The number of alkyl halides is 18. The molecular formula is C56H47F21O6S4. The number of hydrogen-bond donors (Lipinski definition) is 0. The molecule has 8 rings (SSSR count). The van der Waals surface area contributed by atoms with Crippen LogP contribution in [0.4, 0.5) is 92.2 Å². The van der Waals surface area contributed by atoms with Crippen molar-refractivity contribution in [2.75, 3.05) is 0 Å². The molecule has 2 saturated carbocycles. The van der Waals surface area contributed by atoms with E-state index in [2.05, 4.69) is 97.1 Å². The molecule has 0 aromatic heterocycles. The van der Waals surface area contributed by atoms with Crippen LogP contribution in [0.2, 0.25) is 0 Å². The quantitative estimate of drug-likeness (QED) is 0.0464. The first-order chi connectivity index (χ1) is 40.1. The maximum atomic E-state index is 14.6. The summed E-state index contributed by atoms with van der Waals surface area (Å²) in [6.45, 7) is 0. The fourth-order valence-electron chi connectivity index (χ4n) is 8.79. The van der Waals surface area contributed by atoms with Crippen LogP contribution in [-0.2, 0) is 42.0 Å². The lowest BCUT2D eigenvalue weighted by molar-refractivity contribution is -0.382. The Bertz CT molecular complexity index is 3290. The van der Waals surface area contributed by atoms with E-state index >= 15 is 0 Å². The van der Waals surface area contributed by atoms with Gasteiger partial charge in [0.25, 0.3) is 0 Å². The Balaban J connectivity index is 0.000000218. The SMILES string of the molecule is Fc1ccc([S+](c2ccccc2)c2ccc(C3CCCCC3)cc2)c(F)c1F.O=S(=O)([O-])C(F)(F)C(F)(F)C(F)(F)C(F)(F)F.O=S(=O)([O-])C(F)(F)C(F)(F)C(F)(F)C(F)(F)F.c1ccc([S+](c2ccccc2)c2ccc(C3CCCCC3)cc2)cc1. The number of rotatable bonds is 14. The monoisotopic (exact) mass is 1340 g/mol.